The average molecular weight is 290 g/mol. The summed E-state index contributed by atoms with van der Waals surface area (Å²) in [5, 5.41) is 0. The zero-order valence-corrected chi connectivity index (χ0v) is 12.1. The summed E-state index contributed by atoms with van der Waals surface area (Å²) in [6.45, 7) is -0.456. The number of rotatable bonds is 3. The van der Waals surface area contributed by atoms with Gasteiger partial charge in [-0.1, -0.05) is 0 Å². The molecule has 0 aliphatic carbocycles. The molecule has 0 amide bonds. The standard InChI is InChI=1S/C8H13O2Si.C5H5.Fe/c1-7(6-11(9)10)8-4-2-3-5-8;1-2-4-5-3-1;/h2-5,7,9-11H,6H2,1H3;1-5H;. The van der Waals surface area contributed by atoms with Gasteiger partial charge in [0.1, 0.15) is 0 Å². The van der Waals surface area contributed by atoms with Gasteiger partial charge in [-0.15, -0.1) is 0 Å². The molecule has 0 aromatic rings. The summed E-state index contributed by atoms with van der Waals surface area (Å²) in [6, 6.07) is 0.837. The van der Waals surface area contributed by atoms with Crippen LogP contribution < -0.4 is 0 Å². The summed E-state index contributed by atoms with van der Waals surface area (Å²) in [4.78, 5) is 31.5. The molecule has 2 nitrogen and oxygen atoms in total. The van der Waals surface area contributed by atoms with Crippen LogP contribution in [0.5, 0.6) is 0 Å². The third-order valence-electron chi connectivity index (χ3n) is 16.1. The van der Waals surface area contributed by atoms with E-state index in [9.17, 15) is 9.59 Å². The topological polar surface area (TPSA) is 40.5 Å². The van der Waals surface area contributed by atoms with Crippen LogP contribution in [0.1, 0.15) is 6.92 Å². The Morgan fingerprint density at radius 3 is 1.71 bits per heavy atom. The van der Waals surface area contributed by atoms with Crippen molar-refractivity contribution in [2.45, 2.75) is 60.6 Å². The molecular formula is C13H18FeO2Si. The molecule has 94 valence electrons. The second kappa shape index (κ2) is 0.556. The number of fused-ring (bicyclic) bond motifs is 10. The van der Waals surface area contributed by atoms with Gasteiger partial charge in [-0.05, 0) is 0 Å². The van der Waals surface area contributed by atoms with Gasteiger partial charge >= 0.3 is 91.9 Å². The average Bonchev–Trinajstić information content (AvgIpc) is 3.22. The van der Waals surface area contributed by atoms with E-state index in [1.165, 1.54) is 43.3 Å². The van der Waals surface area contributed by atoms with Crippen LogP contribution in [-0.4, -0.2) is 18.9 Å². The molecule has 17 heavy (non-hydrogen) atoms. The van der Waals surface area contributed by atoms with Crippen LogP contribution >= 0.6 is 0 Å². The first-order chi connectivity index (χ1) is 7.88. The molecule has 10 fully saturated rings. The van der Waals surface area contributed by atoms with Crippen molar-refractivity contribution in [1.82, 2.24) is 0 Å². The van der Waals surface area contributed by atoms with Gasteiger partial charge in [-0.25, -0.2) is 0 Å². The van der Waals surface area contributed by atoms with E-state index in [2.05, 4.69) is 6.92 Å². The van der Waals surface area contributed by atoms with Gasteiger partial charge in [-0.3, -0.25) is 0 Å². The van der Waals surface area contributed by atoms with Crippen LogP contribution in [0, 0.1) is 5.92 Å². The molecule has 0 aromatic heterocycles. The molecule has 4 heteroatoms. The normalized spacial score (nSPS) is 122. The van der Waals surface area contributed by atoms with Gasteiger partial charge in [0.2, 0.25) is 0 Å². The Bertz CT molecular complexity index is 871. The van der Waals surface area contributed by atoms with Crippen molar-refractivity contribution >= 4 is 9.28 Å². The maximum atomic E-state index is 9.53. The first-order valence-electron chi connectivity index (χ1n) is 7.46. The summed E-state index contributed by atoms with van der Waals surface area (Å²) in [5.74, 6) is 0.739. The third kappa shape index (κ3) is 0.0715. The zero-order chi connectivity index (χ0) is 10.9. The van der Waals surface area contributed by atoms with Gasteiger partial charge in [0.25, 0.3) is 0 Å². The number of hydrogen-bond donors (Lipinski definition) is 2. The molecule has 0 bridgehead atoms. The molecule has 5 atom stereocenters. The molecule has 10 aliphatic heterocycles. The van der Waals surface area contributed by atoms with Gasteiger partial charge in [0.15, 0.2) is 0 Å². The van der Waals surface area contributed by atoms with Crippen molar-refractivity contribution in [2.75, 3.05) is 0 Å². The fourth-order valence-corrected chi connectivity index (χ4v) is 95.6. The fraction of sp³-hybridized carbons (Fsp3) is 1.00. The Labute approximate surface area is 91.9 Å². The number of hydrogen-bond acceptors (Lipinski definition) is 2. The molecule has 10 saturated heterocycles. The van der Waals surface area contributed by atoms with Gasteiger partial charge in [0.05, 0.1) is 0 Å². The molecule has 0 aromatic carbocycles. The van der Waals surface area contributed by atoms with Crippen LogP contribution in [0.15, 0.2) is 0 Å². The molecule has 10 aliphatic rings. The van der Waals surface area contributed by atoms with Crippen LogP contribution in [0.4, 0.5) is 0 Å². The Balaban J connectivity index is 1.50. The van der Waals surface area contributed by atoms with Crippen molar-refractivity contribution in [1.29, 1.82) is 0 Å². The van der Waals surface area contributed by atoms with E-state index in [1.54, 1.807) is 0 Å². The summed E-state index contributed by atoms with van der Waals surface area (Å²) < 4.78 is 0.899. The van der Waals surface area contributed by atoms with Gasteiger partial charge in [-0.2, -0.15) is 0 Å². The monoisotopic (exact) mass is 290 g/mol. The Kier molecular flexibility index (Phi) is 0.226. The van der Waals surface area contributed by atoms with Crippen molar-refractivity contribution in [2.24, 2.45) is 5.92 Å². The molecule has 10 heterocycles. The predicted octanol–water partition coefficient (Wildman–Crippen LogP) is 2.59. The third-order valence-corrected chi connectivity index (χ3v) is 60.1. The SMILES string of the molecule is CC(C[SiH](O)O)[C]12[CH]3[CH]4[CH]5[CH]1[Fe]45321678[CH]2[CH]1[CH]6[CH]7[CH]28. The summed E-state index contributed by atoms with van der Waals surface area (Å²) in [6.07, 6.45) is 0. The molecule has 1 spiro atoms. The first kappa shape index (κ1) is 6.89. The van der Waals surface area contributed by atoms with Crippen molar-refractivity contribution in [3.05, 3.63) is 0 Å². The van der Waals surface area contributed by atoms with E-state index in [4.69, 9.17) is 0 Å². The molecule has 10 rings (SSSR count). The molecule has 0 saturated carbocycles. The van der Waals surface area contributed by atoms with Crippen LogP contribution in [-0.2, 0) is 6.51 Å². The van der Waals surface area contributed by atoms with Crippen LogP contribution in [0.3, 0.4) is 0 Å². The van der Waals surface area contributed by atoms with Gasteiger partial charge in [0, 0.05) is 0 Å². The van der Waals surface area contributed by atoms with E-state index in [1.807, 2.05) is 0 Å². The molecule has 2 N–H and O–H groups in total. The Morgan fingerprint density at radius 2 is 1.47 bits per heavy atom. The second-order valence-electron chi connectivity index (χ2n) is 11.4. The van der Waals surface area contributed by atoms with E-state index in [-0.39, 0.29) is 0 Å². The maximum absolute atomic E-state index is 9.53. The summed E-state index contributed by atoms with van der Waals surface area (Å²) >= 11 is 0. The molecular weight excluding hydrogens is 272 g/mol. The molecule has 0 radical (unpaired) electrons. The van der Waals surface area contributed by atoms with E-state index in [0.29, 0.717) is 0 Å². The predicted molar refractivity (Wildman–Crippen MR) is 62.0 cm³/mol. The van der Waals surface area contributed by atoms with Crippen molar-refractivity contribution in [3.63, 3.8) is 0 Å². The fourth-order valence-electron chi connectivity index (χ4n) is 18.3. The van der Waals surface area contributed by atoms with E-state index >= 15 is 0 Å². The summed E-state index contributed by atoms with van der Waals surface area (Å²) in [5.41, 5.74) is 0. The minimum atomic E-state index is -2.89. The van der Waals surface area contributed by atoms with E-state index < -0.39 is 15.8 Å². The minimum absolute atomic E-state index is 0.739. The van der Waals surface area contributed by atoms with E-state index in [0.717, 1.165) is 16.3 Å². The molecule has 5 unspecified atom stereocenters. The Hall–Kier alpha value is 0.656. The second-order valence-corrected chi connectivity index (χ2v) is 36.4. The quantitative estimate of drug-likeness (QED) is 0.784. The van der Waals surface area contributed by atoms with Crippen LogP contribution in [0.25, 0.3) is 0 Å². The van der Waals surface area contributed by atoms with Gasteiger partial charge < -0.3 is 0 Å². The Morgan fingerprint density at radius 1 is 1.00 bits per heavy atom. The first-order valence-corrected chi connectivity index (χ1v) is 15.6. The zero-order valence-electron chi connectivity index (χ0n) is 9.81. The van der Waals surface area contributed by atoms with Crippen molar-refractivity contribution < 1.29 is 16.1 Å². The van der Waals surface area contributed by atoms with Crippen molar-refractivity contribution in [3.8, 4) is 0 Å². The summed E-state index contributed by atoms with van der Waals surface area (Å²) in [7, 11) is -2.31. The van der Waals surface area contributed by atoms with Crippen LogP contribution in [0.2, 0.25) is 53.7 Å².